The first kappa shape index (κ1) is 28.4. The SMILES string of the molecule is COc1cc(N2CCN(C)CC2)c(F)cc1Nc1ncc(C)c(Nc2ccc(NS(=O)(=O)C(C)(C)C)cc2)n1. The maximum atomic E-state index is 15.1. The van der Waals surface area contributed by atoms with Crippen molar-refractivity contribution in [1.82, 2.24) is 14.9 Å². The molecule has 12 heteroatoms. The summed E-state index contributed by atoms with van der Waals surface area (Å²) in [5, 5.41) is 6.30. The first-order valence-corrected chi connectivity index (χ1v) is 14.2. The summed E-state index contributed by atoms with van der Waals surface area (Å²) >= 11 is 0. The fraction of sp³-hybridized carbons (Fsp3) is 0.407. The van der Waals surface area contributed by atoms with Crippen LogP contribution in [0.4, 0.5) is 38.9 Å². The van der Waals surface area contributed by atoms with E-state index >= 15 is 4.39 Å². The number of anilines is 6. The van der Waals surface area contributed by atoms with Gasteiger partial charge in [-0.1, -0.05) is 0 Å². The fourth-order valence-electron chi connectivity index (χ4n) is 3.91. The second-order valence-electron chi connectivity index (χ2n) is 10.6. The van der Waals surface area contributed by atoms with Gasteiger partial charge in [0, 0.05) is 61.4 Å². The quantitative estimate of drug-likeness (QED) is 0.362. The molecule has 0 spiro atoms. The number of ether oxygens (including phenoxy) is 1. The normalized spacial score (nSPS) is 14.7. The number of aryl methyl sites for hydroxylation is 1. The van der Waals surface area contributed by atoms with E-state index in [4.69, 9.17) is 4.74 Å². The number of sulfonamides is 1. The van der Waals surface area contributed by atoms with E-state index in [1.54, 1.807) is 64.4 Å². The predicted octanol–water partition coefficient (Wildman–Crippen LogP) is 4.71. The van der Waals surface area contributed by atoms with Crippen molar-refractivity contribution in [2.45, 2.75) is 32.4 Å². The lowest BCUT2D eigenvalue weighted by molar-refractivity contribution is 0.311. The predicted molar refractivity (Wildman–Crippen MR) is 155 cm³/mol. The van der Waals surface area contributed by atoms with E-state index in [2.05, 4.69) is 37.3 Å². The summed E-state index contributed by atoms with van der Waals surface area (Å²) in [7, 11) is 0.0708. The molecular weight excluding hydrogens is 521 g/mol. The first-order chi connectivity index (χ1) is 18.4. The number of hydrogen-bond donors (Lipinski definition) is 3. The van der Waals surface area contributed by atoms with Gasteiger partial charge in [0.2, 0.25) is 16.0 Å². The van der Waals surface area contributed by atoms with Gasteiger partial charge in [-0.05, 0) is 59.0 Å². The Hall–Kier alpha value is -3.64. The number of piperazine rings is 1. The van der Waals surface area contributed by atoms with Crippen LogP contribution in [0.15, 0.2) is 42.6 Å². The van der Waals surface area contributed by atoms with E-state index in [1.165, 1.54) is 6.07 Å². The van der Waals surface area contributed by atoms with Crippen molar-refractivity contribution in [3.8, 4) is 5.75 Å². The number of halogens is 1. The lowest BCUT2D eigenvalue weighted by Crippen LogP contribution is -2.44. The van der Waals surface area contributed by atoms with E-state index in [9.17, 15) is 8.42 Å². The van der Waals surface area contributed by atoms with Crippen LogP contribution in [0, 0.1) is 12.7 Å². The van der Waals surface area contributed by atoms with Crippen molar-refractivity contribution in [2.75, 3.05) is 60.6 Å². The Kier molecular flexibility index (Phi) is 8.17. The Balaban J connectivity index is 1.50. The first-order valence-electron chi connectivity index (χ1n) is 12.7. The molecule has 1 fully saturated rings. The number of hydrogen-bond acceptors (Lipinski definition) is 9. The van der Waals surface area contributed by atoms with E-state index in [-0.39, 0.29) is 11.8 Å². The van der Waals surface area contributed by atoms with Gasteiger partial charge in [0.05, 0.1) is 23.2 Å². The zero-order valence-corrected chi connectivity index (χ0v) is 24.0. The average molecular weight is 558 g/mol. The number of rotatable bonds is 8. The highest BCUT2D eigenvalue weighted by molar-refractivity contribution is 7.94. The summed E-state index contributed by atoms with van der Waals surface area (Å²) in [5.41, 5.74) is 2.89. The van der Waals surface area contributed by atoms with Crippen LogP contribution in [0.25, 0.3) is 0 Å². The molecule has 1 aliphatic heterocycles. The van der Waals surface area contributed by atoms with Crippen molar-refractivity contribution in [3.05, 3.63) is 54.0 Å². The third-order valence-electron chi connectivity index (χ3n) is 6.54. The lowest BCUT2D eigenvalue weighted by atomic mass is 10.2. The summed E-state index contributed by atoms with van der Waals surface area (Å²) < 4.78 is 47.2. The molecule has 4 rings (SSSR count). The van der Waals surface area contributed by atoms with Crippen molar-refractivity contribution < 1.29 is 17.5 Å². The number of benzene rings is 2. The van der Waals surface area contributed by atoms with Gasteiger partial charge < -0.3 is 25.2 Å². The van der Waals surface area contributed by atoms with Crippen molar-refractivity contribution >= 4 is 44.5 Å². The van der Waals surface area contributed by atoms with E-state index in [0.29, 0.717) is 34.3 Å². The number of nitrogens with one attached hydrogen (secondary N) is 3. The van der Waals surface area contributed by atoms with Crippen molar-refractivity contribution in [3.63, 3.8) is 0 Å². The minimum Gasteiger partial charge on any atom is -0.494 e. The molecule has 0 atom stereocenters. The van der Waals surface area contributed by atoms with Gasteiger partial charge in [-0.25, -0.2) is 17.8 Å². The molecule has 0 aliphatic carbocycles. The van der Waals surface area contributed by atoms with Gasteiger partial charge in [0.25, 0.3) is 0 Å². The third-order valence-corrected chi connectivity index (χ3v) is 8.65. The third kappa shape index (κ3) is 6.69. The van der Waals surface area contributed by atoms with Gasteiger partial charge in [-0.2, -0.15) is 4.98 Å². The molecule has 1 saturated heterocycles. The summed E-state index contributed by atoms with van der Waals surface area (Å²) in [6.07, 6.45) is 1.66. The molecule has 10 nitrogen and oxygen atoms in total. The number of nitrogens with zero attached hydrogens (tertiary/aromatic N) is 4. The fourth-order valence-corrected chi connectivity index (χ4v) is 4.67. The summed E-state index contributed by atoms with van der Waals surface area (Å²) in [5.74, 6) is 0.944. The molecule has 0 amide bonds. The largest absolute Gasteiger partial charge is 0.494 e. The summed E-state index contributed by atoms with van der Waals surface area (Å²) in [6, 6.07) is 9.97. The standard InChI is InChI=1S/C27H36FN7O3S/c1-18-17-29-26(31-22-15-21(28)23(16-24(22)38-6)35-13-11-34(5)12-14-35)32-25(18)30-19-7-9-20(10-8-19)33-39(36,37)27(2,3)4/h7-10,15-17,33H,11-14H2,1-6H3,(H2,29,30,31,32). The number of aromatic nitrogens is 2. The Morgan fingerprint density at radius 1 is 1.00 bits per heavy atom. The molecule has 39 heavy (non-hydrogen) atoms. The van der Waals surface area contributed by atoms with Crippen LogP contribution in [0.1, 0.15) is 26.3 Å². The molecule has 1 aliphatic rings. The van der Waals surface area contributed by atoms with E-state index in [0.717, 1.165) is 31.7 Å². The Labute approximate surface area is 229 Å². The van der Waals surface area contributed by atoms with Gasteiger partial charge in [0.15, 0.2) is 0 Å². The van der Waals surface area contributed by atoms with Crippen molar-refractivity contribution in [2.24, 2.45) is 0 Å². The summed E-state index contributed by atoms with van der Waals surface area (Å²) in [4.78, 5) is 13.1. The minimum absolute atomic E-state index is 0.266. The zero-order valence-electron chi connectivity index (χ0n) is 23.2. The van der Waals surface area contributed by atoms with Crippen molar-refractivity contribution in [1.29, 1.82) is 0 Å². The highest BCUT2D eigenvalue weighted by Crippen LogP contribution is 2.35. The second-order valence-corrected chi connectivity index (χ2v) is 13.0. The Morgan fingerprint density at radius 2 is 1.64 bits per heavy atom. The van der Waals surface area contributed by atoms with E-state index in [1.807, 2.05) is 11.8 Å². The van der Waals surface area contributed by atoms with Gasteiger partial charge in [0.1, 0.15) is 17.4 Å². The highest BCUT2D eigenvalue weighted by Gasteiger charge is 2.28. The average Bonchev–Trinajstić information content (AvgIpc) is 2.87. The van der Waals surface area contributed by atoms with Crippen LogP contribution in [0.3, 0.4) is 0 Å². The minimum atomic E-state index is -3.53. The molecule has 210 valence electrons. The van der Waals surface area contributed by atoms with E-state index < -0.39 is 14.8 Å². The lowest BCUT2D eigenvalue weighted by Gasteiger charge is -2.34. The molecule has 0 unspecified atom stereocenters. The van der Waals surface area contributed by atoms with Crippen LogP contribution in [-0.2, 0) is 10.0 Å². The zero-order chi connectivity index (χ0) is 28.4. The van der Waals surface area contributed by atoms with Crippen LogP contribution < -0.4 is 25.0 Å². The Bertz CT molecular complexity index is 1420. The molecule has 2 heterocycles. The maximum Gasteiger partial charge on any atom is 0.237 e. The molecule has 0 radical (unpaired) electrons. The van der Waals surface area contributed by atoms with Crippen LogP contribution in [0.2, 0.25) is 0 Å². The van der Waals surface area contributed by atoms with Crippen LogP contribution in [-0.4, -0.2) is 68.4 Å². The maximum absolute atomic E-state index is 15.1. The van der Waals surface area contributed by atoms with Gasteiger partial charge >= 0.3 is 0 Å². The smallest absolute Gasteiger partial charge is 0.237 e. The number of methoxy groups -OCH3 is 1. The molecule has 3 N–H and O–H groups in total. The molecular formula is C27H36FN7O3S. The highest BCUT2D eigenvalue weighted by atomic mass is 32.2. The molecule has 0 saturated carbocycles. The van der Waals surface area contributed by atoms with Crippen LogP contribution in [0.5, 0.6) is 5.75 Å². The molecule has 0 bridgehead atoms. The van der Waals surface area contributed by atoms with Gasteiger partial charge in [-0.3, -0.25) is 4.72 Å². The summed E-state index contributed by atoms with van der Waals surface area (Å²) in [6.45, 7) is 9.99. The molecule has 1 aromatic heterocycles. The molecule has 2 aromatic carbocycles. The topological polar surface area (TPSA) is 112 Å². The molecule has 3 aromatic rings. The van der Waals surface area contributed by atoms with Gasteiger partial charge in [-0.15, -0.1) is 0 Å². The van der Waals surface area contributed by atoms with Crippen LogP contribution >= 0.6 is 0 Å². The monoisotopic (exact) mass is 557 g/mol. The Morgan fingerprint density at radius 3 is 2.26 bits per heavy atom. The number of likely N-dealkylation sites (N-methyl/N-ethyl adjacent to an activating group) is 1. The second kappa shape index (κ2) is 11.2.